The lowest BCUT2D eigenvalue weighted by Crippen LogP contribution is -2.32. The lowest BCUT2D eigenvalue weighted by atomic mass is 10.00. The van der Waals surface area contributed by atoms with Crippen LogP contribution in [0.5, 0.6) is 0 Å². The van der Waals surface area contributed by atoms with E-state index in [2.05, 4.69) is 34.1 Å². The number of hydrogen-bond acceptors (Lipinski definition) is 3. The normalized spacial score (nSPS) is 13.1. The molecule has 0 N–H and O–H groups in total. The maximum Gasteiger partial charge on any atom is 0.259 e. The van der Waals surface area contributed by atoms with E-state index in [-0.39, 0.29) is 5.91 Å². The zero-order valence-electron chi connectivity index (χ0n) is 15.5. The van der Waals surface area contributed by atoms with Crippen LogP contribution in [0.15, 0.2) is 72.9 Å². The quantitative estimate of drug-likeness (QED) is 0.698. The van der Waals surface area contributed by atoms with Gasteiger partial charge in [0, 0.05) is 31.5 Å². The van der Waals surface area contributed by atoms with Gasteiger partial charge >= 0.3 is 0 Å². The molecule has 2 aromatic carbocycles. The molecule has 4 rings (SSSR count). The zero-order chi connectivity index (χ0) is 18.6. The highest BCUT2D eigenvalue weighted by molar-refractivity contribution is 6.05. The largest absolute Gasteiger partial charge is 0.352 e. The summed E-state index contributed by atoms with van der Waals surface area (Å²) in [5, 5.41) is 0. The summed E-state index contributed by atoms with van der Waals surface area (Å²) in [5.41, 5.74) is 4.29. The predicted octanol–water partition coefficient (Wildman–Crippen LogP) is 4.31. The molecule has 27 heavy (non-hydrogen) atoms. The Labute approximate surface area is 160 Å². The fourth-order valence-corrected chi connectivity index (χ4v) is 3.60. The Morgan fingerprint density at radius 2 is 1.74 bits per heavy atom. The molecule has 1 aromatic heterocycles. The lowest BCUT2D eigenvalue weighted by Gasteiger charge is -2.30. The topological polar surface area (TPSA) is 36.4 Å². The molecule has 0 saturated heterocycles. The molecule has 0 bridgehead atoms. The summed E-state index contributed by atoms with van der Waals surface area (Å²) >= 11 is 0. The Bertz CT molecular complexity index is 922. The molecular formula is C23H23N3O. The lowest BCUT2D eigenvalue weighted by molar-refractivity contribution is 0.0988. The number of carbonyl (C=O) groups excluding carboxylic acids is 1. The highest BCUT2D eigenvalue weighted by Gasteiger charge is 2.19. The minimum Gasteiger partial charge on any atom is -0.352 e. The summed E-state index contributed by atoms with van der Waals surface area (Å²) in [7, 11) is 0. The van der Waals surface area contributed by atoms with E-state index in [0.29, 0.717) is 12.1 Å². The van der Waals surface area contributed by atoms with Crippen LogP contribution in [-0.2, 0) is 13.0 Å². The number of aromatic nitrogens is 1. The molecular weight excluding hydrogens is 334 g/mol. The summed E-state index contributed by atoms with van der Waals surface area (Å²) in [6.45, 7) is 4.41. The van der Waals surface area contributed by atoms with Crippen LogP contribution in [0.2, 0.25) is 0 Å². The first-order chi connectivity index (χ1) is 13.3. The van der Waals surface area contributed by atoms with Crippen molar-refractivity contribution in [1.82, 2.24) is 4.98 Å². The number of para-hydroxylation sites is 1. The average Bonchev–Trinajstić information content (AvgIpc) is 2.75. The molecule has 4 heteroatoms. The molecule has 0 spiro atoms. The van der Waals surface area contributed by atoms with E-state index in [4.69, 9.17) is 0 Å². The number of carbonyl (C=O) groups is 1. The summed E-state index contributed by atoms with van der Waals surface area (Å²) < 4.78 is 0. The van der Waals surface area contributed by atoms with Gasteiger partial charge < -0.3 is 9.80 Å². The molecule has 0 radical (unpaired) electrons. The van der Waals surface area contributed by atoms with Crippen molar-refractivity contribution in [3.05, 3.63) is 89.6 Å². The zero-order valence-corrected chi connectivity index (χ0v) is 15.5. The molecule has 0 saturated carbocycles. The van der Waals surface area contributed by atoms with Gasteiger partial charge in [0.05, 0.1) is 5.56 Å². The Morgan fingerprint density at radius 3 is 2.44 bits per heavy atom. The molecule has 136 valence electrons. The van der Waals surface area contributed by atoms with Gasteiger partial charge in [0.15, 0.2) is 0 Å². The maximum absolute atomic E-state index is 12.9. The van der Waals surface area contributed by atoms with Gasteiger partial charge in [-0.3, -0.25) is 4.79 Å². The van der Waals surface area contributed by atoms with Crippen LogP contribution >= 0.6 is 0 Å². The smallest absolute Gasteiger partial charge is 0.259 e. The number of benzene rings is 2. The highest BCUT2D eigenvalue weighted by Crippen LogP contribution is 2.23. The summed E-state index contributed by atoms with van der Waals surface area (Å²) in [6, 6.07) is 22.2. The highest BCUT2D eigenvalue weighted by atomic mass is 16.2. The number of rotatable bonds is 4. The van der Waals surface area contributed by atoms with Crippen molar-refractivity contribution in [3.8, 4) is 0 Å². The van der Waals surface area contributed by atoms with E-state index < -0.39 is 0 Å². The number of amides is 1. The maximum atomic E-state index is 12.9. The van der Waals surface area contributed by atoms with Gasteiger partial charge in [0.25, 0.3) is 5.91 Å². The van der Waals surface area contributed by atoms with Crippen LogP contribution in [0, 0.1) is 0 Å². The summed E-state index contributed by atoms with van der Waals surface area (Å²) in [4.78, 5) is 21.5. The number of hydrogen-bond donors (Lipinski definition) is 0. The van der Waals surface area contributed by atoms with Gasteiger partial charge in [-0.1, -0.05) is 42.5 Å². The van der Waals surface area contributed by atoms with Gasteiger partial charge in [-0.05, 0) is 48.7 Å². The van der Waals surface area contributed by atoms with Gasteiger partial charge in [0.2, 0.25) is 0 Å². The molecule has 0 unspecified atom stereocenters. The molecule has 0 aliphatic carbocycles. The van der Waals surface area contributed by atoms with Crippen molar-refractivity contribution >= 4 is 17.4 Å². The van der Waals surface area contributed by atoms with E-state index in [1.54, 1.807) is 11.1 Å². The molecule has 2 heterocycles. The van der Waals surface area contributed by atoms with Crippen molar-refractivity contribution in [1.29, 1.82) is 0 Å². The van der Waals surface area contributed by atoms with E-state index >= 15 is 0 Å². The van der Waals surface area contributed by atoms with Crippen molar-refractivity contribution in [2.45, 2.75) is 19.9 Å². The first-order valence-corrected chi connectivity index (χ1v) is 9.41. The second-order valence-corrected chi connectivity index (χ2v) is 6.73. The van der Waals surface area contributed by atoms with Crippen molar-refractivity contribution in [2.24, 2.45) is 0 Å². The standard InChI is InChI=1S/C23H23N3O/c1-2-26(21-10-4-3-5-11-21)23(27)19-12-13-22(24-16-19)25-15-14-18-8-6-7-9-20(18)17-25/h3-13,16H,2,14-15,17H2,1H3. The molecule has 1 aliphatic rings. The van der Waals surface area contributed by atoms with Crippen molar-refractivity contribution in [2.75, 3.05) is 22.9 Å². The van der Waals surface area contributed by atoms with Gasteiger partial charge in [-0.2, -0.15) is 0 Å². The van der Waals surface area contributed by atoms with Crippen LogP contribution in [0.4, 0.5) is 11.5 Å². The molecule has 4 nitrogen and oxygen atoms in total. The SMILES string of the molecule is CCN(C(=O)c1ccc(N2CCc3ccccc3C2)nc1)c1ccccc1. The Hall–Kier alpha value is -3.14. The second kappa shape index (κ2) is 7.62. The monoisotopic (exact) mass is 357 g/mol. The Morgan fingerprint density at radius 1 is 1.00 bits per heavy atom. The number of pyridine rings is 1. The van der Waals surface area contributed by atoms with E-state index in [1.807, 2.05) is 49.4 Å². The molecule has 3 aromatic rings. The van der Waals surface area contributed by atoms with Gasteiger partial charge in [-0.15, -0.1) is 0 Å². The molecule has 0 atom stereocenters. The summed E-state index contributed by atoms with van der Waals surface area (Å²) in [5.74, 6) is 0.899. The Kier molecular flexibility index (Phi) is 4.88. The minimum atomic E-state index is -0.0215. The van der Waals surface area contributed by atoms with Gasteiger partial charge in [0.1, 0.15) is 5.82 Å². The number of nitrogens with zero attached hydrogens (tertiary/aromatic N) is 3. The predicted molar refractivity (Wildman–Crippen MR) is 109 cm³/mol. The van der Waals surface area contributed by atoms with E-state index in [0.717, 1.165) is 31.0 Å². The average molecular weight is 357 g/mol. The van der Waals surface area contributed by atoms with Crippen LogP contribution in [0.25, 0.3) is 0 Å². The van der Waals surface area contributed by atoms with Crippen LogP contribution < -0.4 is 9.80 Å². The van der Waals surface area contributed by atoms with Crippen LogP contribution in [-0.4, -0.2) is 24.0 Å². The van der Waals surface area contributed by atoms with E-state index in [1.165, 1.54) is 11.1 Å². The summed E-state index contributed by atoms with van der Waals surface area (Å²) in [6.07, 6.45) is 2.72. The van der Waals surface area contributed by atoms with Crippen molar-refractivity contribution < 1.29 is 4.79 Å². The van der Waals surface area contributed by atoms with E-state index in [9.17, 15) is 4.79 Å². The molecule has 0 fully saturated rings. The third kappa shape index (κ3) is 3.56. The van der Waals surface area contributed by atoms with Gasteiger partial charge in [-0.25, -0.2) is 4.98 Å². The number of fused-ring (bicyclic) bond motifs is 1. The first kappa shape index (κ1) is 17.3. The van der Waals surface area contributed by atoms with Crippen LogP contribution in [0.3, 0.4) is 0 Å². The second-order valence-electron chi connectivity index (χ2n) is 6.73. The van der Waals surface area contributed by atoms with Crippen LogP contribution in [0.1, 0.15) is 28.4 Å². The Balaban J connectivity index is 1.51. The fraction of sp³-hybridized carbons (Fsp3) is 0.217. The molecule has 1 aliphatic heterocycles. The van der Waals surface area contributed by atoms with Crippen molar-refractivity contribution in [3.63, 3.8) is 0 Å². The first-order valence-electron chi connectivity index (χ1n) is 9.41. The fourth-order valence-electron chi connectivity index (χ4n) is 3.60. The third-order valence-corrected chi connectivity index (χ3v) is 5.08. The number of anilines is 2. The minimum absolute atomic E-state index is 0.0215. The third-order valence-electron chi connectivity index (χ3n) is 5.08. The molecule has 1 amide bonds.